The number of imidazole rings is 1. The van der Waals surface area contributed by atoms with Crippen molar-refractivity contribution >= 4 is 23.3 Å². The van der Waals surface area contributed by atoms with Crippen molar-refractivity contribution in [3.05, 3.63) is 42.5 Å². The van der Waals surface area contributed by atoms with Gasteiger partial charge in [0.2, 0.25) is 5.91 Å². The zero-order valence-corrected chi connectivity index (χ0v) is 14.0. The number of amides is 3. The van der Waals surface area contributed by atoms with Crippen LogP contribution in [0.4, 0.5) is 16.2 Å². The molecular formula is C18H23N5O2. The highest BCUT2D eigenvalue weighted by atomic mass is 16.2. The summed E-state index contributed by atoms with van der Waals surface area (Å²) in [7, 11) is 0. The van der Waals surface area contributed by atoms with Crippen LogP contribution in [0.2, 0.25) is 0 Å². The van der Waals surface area contributed by atoms with Gasteiger partial charge < -0.3 is 20.9 Å². The summed E-state index contributed by atoms with van der Waals surface area (Å²) in [5.74, 6) is 0.182. The van der Waals surface area contributed by atoms with Crippen LogP contribution in [0.15, 0.2) is 36.8 Å². The van der Waals surface area contributed by atoms with E-state index < -0.39 is 0 Å². The molecule has 1 fully saturated rings. The normalized spacial score (nSPS) is 14.2. The monoisotopic (exact) mass is 341 g/mol. The minimum Gasteiger partial charge on any atom is -0.348 e. The minimum absolute atomic E-state index is 0.0682. The lowest BCUT2D eigenvalue weighted by atomic mass is 10.1. The van der Waals surface area contributed by atoms with Crippen molar-refractivity contribution in [1.82, 2.24) is 15.3 Å². The molecule has 4 N–H and O–H groups in total. The van der Waals surface area contributed by atoms with Crippen LogP contribution in [-0.2, 0) is 11.2 Å². The highest BCUT2D eigenvalue weighted by Gasteiger charge is 2.22. The fourth-order valence-corrected chi connectivity index (χ4v) is 3.01. The second-order valence-electron chi connectivity index (χ2n) is 6.26. The van der Waals surface area contributed by atoms with E-state index in [4.69, 9.17) is 0 Å². The third-order valence-corrected chi connectivity index (χ3v) is 4.35. The molecule has 1 aliphatic carbocycles. The van der Waals surface area contributed by atoms with Gasteiger partial charge in [-0.2, -0.15) is 0 Å². The largest absolute Gasteiger partial charge is 0.348 e. The summed E-state index contributed by atoms with van der Waals surface area (Å²) in [5, 5.41) is 8.50. The van der Waals surface area contributed by atoms with Gasteiger partial charge in [0.25, 0.3) is 0 Å². The molecule has 1 saturated carbocycles. The molecule has 25 heavy (non-hydrogen) atoms. The number of benzene rings is 1. The molecule has 0 unspecified atom stereocenters. The Hall–Kier alpha value is -2.83. The van der Waals surface area contributed by atoms with E-state index in [0.29, 0.717) is 24.3 Å². The molecule has 0 atom stereocenters. The number of nitrogens with zero attached hydrogens (tertiary/aromatic N) is 1. The van der Waals surface area contributed by atoms with E-state index in [0.717, 1.165) is 31.4 Å². The second kappa shape index (κ2) is 8.32. The van der Waals surface area contributed by atoms with Gasteiger partial charge in [0.05, 0.1) is 6.33 Å². The van der Waals surface area contributed by atoms with Crippen LogP contribution in [0, 0.1) is 5.92 Å². The Bertz CT molecular complexity index is 708. The van der Waals surface area contributed by atoms with E-state index in [1.165, 1.54) is 0 Å². The summed E-state index contributed by atoms with van der Waals surface area (Å²) in [6.07, 6.45) is 8.20. The molecule has 2 aromatic rings. The predicted octanol–water partition coefficient (Wildman–Crippen LogP) is 2.90. The zero-order valence-electron chi connectivity index (χ0n) is 14.0. The fraction of sp³-hybridized carbons (Fsp3) is 0.389. The third kappa shape index (κ3) is 5.07. The van der Waals surface area contributed by atoms with Gasteiger partial charge in [-0.1, -0.05) is 18.9 Å². The van der Waals surface area contributed by atoms with E-state index in [9.17, 15) is 9.59 Å². The summed E-state index contributed by atoms with van der Waals surface area (Å²) in [5.41, 5.74) is 2.31. The van der Waals surface area contributed by atoms with Gasteiger partial charge in [-0.15, -0.1) is 0 Å². The van der Waals surface area contributed by atoms with Crippen molar-refractivity contribution in [2.24, 2.45) is 5.92 Å². The molecular weight excluding hydrogens is 318 g/mol. The van der Waals surface area contributed by atoms with Crippen molar-refractivity contribution in [3.63, 3.8) is 0 Å². The molecule has 0 bridgehead atoms. The summed E-state index contributed by atoms with van der Waals surface area (Å²) in [4.78, 5) is 31.0. The standard InChI is InChI=1S/C18H23N5O2/c24-17(13-4-1-2-5-13)22-14-6-3-7-15(10-14)23-18(25)20-9-8-16-11-19-12-21-16/h3,6-7,10-13H,1-2,4-5,8-9H2,(H,19,21)(H,22,24)(H2,20,23,25). The molecule has 7 nitrogen and oxygen atoms in total. The van der Waals surface area contributed by atoms with Gasteiger partial charge >= 0.3 is 6.03 Å². The first-order valence-corrected chi connectivity index (χ1v) is 8.64. The Morgan fingerprint density at radius 1 is 1.16 bits per heavy atom. The van der Waals surface area contributed by atoms with Crippen molar-refractivity contribution in [1.29, 1.82) is 0 Å². The van der Waals surface area contributed by atoms with E-state index in [1.54, 1.807) is 24.7 Å². The van der Waals surface area contributed by atoms with Crippen molar-refractivity contribution in [3.8, 4) is 0 Å². The SMILES string of the molecule is O=C(NCCc1cnc[nH]1)Nc1cccc(NC(=O)C2CCCC2)c1. The van der Waals surface area contributed by atoms with Crippen LogP contribution in [0.5, 0.6) is 0 Å². The van der Waals surface area contributed by atoms with Crippen LogP contribution in [0.3, 0.4) is 0 Å². The Balaban J connectivity index is 1.47. The van der Waals surface area contributed by atoms with Crippen LogP contribution in [0.1, 0.15) is 31.4 Å². The van der Waals surface area contributed by atoms with Crippen LogP contribution in [0.25, 0.3) is 0 Å². The number of urea groups is 1. The summed E-state index contributed by atoms with van der Waals surface area (Å²) in [6, 6.07) is 6.92. The van der Waals surface area contributed by atoms with E-state index in [-0.39, 0.29) is 17.9 Å². The third-order valence-electron chi connectivity index (χ3n) is 4.35. The van der Waals surface area contributed by atoms with E-state index >= 15 is 0 Å². The van der Waals surface area contributed by atoms with E-state index in [1.807, 2.05) is 12.1 Å². The topological polar surface area (TPSA) is 98.9 Å². The lowest BCUT2D eigenvalue weighted by Gasteiger charge is -2.12. The number of anilines is 2. The quantitative estimate of drug-likeness (QED) is 0.650. The molecule has 1 aromatic carbocycles. The Morgan fingerprint density at radius 2 is 1.92 bits per heavy atom. The molecule has 132 valence electrons. The Labute approximate surface area is 146 Å². The molecule has 1 aromatic heterocycles. The molecule has 1 heterocycles. The van der Waals surface area contributed by atoms with Crippen LogP contribution >= 0.6 is 0 Å². The Kier molecular flexibility index (Phi) is 5.66. The van der Waals surface area contributed by atoms with Crippen LogP contribution < -0.4 is 16.0 Å². The molecule has 1 aliphatic rings. The average molecular weight is 341 g/mol. The van der Waals surface area contributed by atoms with Gasteiger partial charge in [-0.05, 0) is 31.0 Å². The lowest BCUT2D eigenvalue weighted by Crippen LogP contribution is -2.30. The lowest BCUT2D eigenvalue weighted by molar-refractivity contribution is -0.119. The predicted molar refractivity (Wildman–Crippen MR) is 96.3 cm³/mol. The Morgan fingerprint density at radius 3 is 2.64 bits per heavy atom. The number of H-pyrrole nitrogens is 1. The van der Waals surface area contributed by atoms with Crippen molar-refractivity contribution in [2.75, 3.05) is 17.2 Å². The van der Waals surface area contributed by atoms with Gasteiger partial charge in [-0.25, -0.2) is 9.78 Å². The first-order valence-electron chi connectivity index (χ1n) is 8.64. The minimum atomic E-state index is -0.279. The smallest absolute Gasteiger partial charge is 0.319 e. The summed E-state index contributed by atoms with van der Waals surface area (Å²) in [6.45, 7) is 0.506. The van der Waals surface area contributed by atoms with Crippen molar-refractivity contribution in [2.45, 2.75) is 32.1 Å². The van der Waals surface area contributed by atoms with Gasteiger partial charge in [-0.3, -0.25) is 4.79 Å². The number of carbonyl (C=O) groups is 2. The van der Waals surface area contributed by atoms with Gasteiger partial charge in [0.1, 0.15) is 0 Å². The van der Waals surface area contributed by atoms with Gasteiger partial charge in [0.15, 0.2) is 0 Å². The van der Waals surface area contributed by atoms with Gasteiger partial charge in [0, 0.05) is 42.1 Å². The number of hydrogen-bond donors (Lipinski definition) is 4. The highest BCUT2D eigenvalue weighted by molar-refractivity contribution is 5.94. The molecule has 0 aliphatic heterocycles. The van der Waals surface area contributed by atoms with Crippen molar-refractivity contribution < 1.29 is 9.59 Å². The maximum absolute atomic E-state index is 12.2. The summed E-state index contributed by atoms with van der Waals surface area (Å²) < 4.78 is 0. The number of nitrogens with one attached hydrogen (secondary N) is 4. The molecule has 7 heteroatoms. The molecule has 0 saturated heterocycles. The first-order chi connectivity index (χ1) is 12.2. The molecule has 3 amide bonds. The average Bonchev–Trinajstić information content (AvgIpc) is 3.29. The fourth-order valence-electron chi connectivity index (χ4n) is 3.01. The number of aromatic amines is 1. The number of hydrogen-bond acceptors (Lipinski definition) is 3. The maximum Gasteiger partial charge on any atom is 0.319 e. The summed E-state index contributed by atoms with van der Waals surface area (Å²) >= 11 is 0. The molecule has 0 spiro atoms. The maximum atomic E-state index is 12.2. The number of aromatic nitrogens is 2. The van der Waals surface area contributed by atoms with E-state index in [2.05, 4.69) is 25.9 Å². The second-order valence-corrected chi connectivity index (χ2v) is 6.26. The number of carbonyl (C=O) groups excluding carboxylic acids is 2. The zero-order chi connectivity index (χ0) is 17.5. The number of rotatable bonds is 6. The molecule has 3 rings (SSSR count). The van der Waals surface area contributed by atoms with Crippen LogP contribution in [-0.4, -0.2) is 28.5 Å². The first kappa shape index (κ1) is 17.0. The highest BCUT2D eigenvalue weighted by Crippen LogP contribution is 2.26. The molecule has 0 radical (unpaired) electrons.